The first-order valence-electron chi connectivity index (χ1n) is 7.04. The lowest BCUT2D eigenvalue weighted by Gasteiger charge is -2.37. The van der Waals surface area contributed by atoms with Crippen molar-refractivity contribution in [3.63, 3.8) is 0 Å². The number of nitrogens with zero attached hydrogens (tertiary/aromatic N) is 4. The van der Waals surface area contributed by atoms with Crippen molar-refractivity contribution in [1.29, 1.82) is 0 Å². The van der Waals surface area contributed by atoms with E-state index < -0.39 is 0 Å². The minimum atomic E-state index is -0.202. The molecule has 0 amide bonds. The number of aromatic nitrogens is 2. The smallest absolute Gasteiger partial charge is 0.282 e. The van der Waals surface area contributed by atoms with Crippen molar-refractivity contribution in [2.75, 3.05) is 36.0 Å². The minimum Gasteiger partial charge on any atom is -0.366 e. The molecule has 0 unspecified atom stereocenters. The van der Waals surface area contributed by atoms with Crippen LogP contribution in [0.2, 0.25) is 0 Å². The number of rotatable bonds is 2. The maximum Gasteiger partial charge on any atom is 0.282 e. The summed E-state index contributed by atoms with van der Waals surface area (Å²) in [5.74, 6) is -0.202. The van der Waals surface area contributed by atoms with E-state index in [-0.39, 0.29) is 11.4 Å². The Morgan fingerprint density at radius 3 is 2.32 bits per heavy atom. The Bertz CT molecular complexity index is 741. The Morgan fingerprint density at radius 2 is 1.68 bits per heavy atom. The van der Waals surface area contributed by atoms with Gasteiger partial charge in [0.1, 0.15) is 10.3 Å². The predicted molar refractivity (Wildman–Crippen MR) is 88.0 cm³/mol. The second-order valence-corrected chi connectivity index (χ2v) is 5.99. The average molecular weight is 367 g/mol. The van der Waals surface area contributed by atoms with Crippen LogP contribution in [0.15, 0.2) is 39.7 Å². The summed E-state index contributed by atoms with van der Waals surface area (Å²) >= 11 is 3.35. The summed E-state index contributed by atoms with van der Waals surface area (Å²) < 4.78 is 15.7. The molecule has 0 atom stereocenters. The van der Waals surface area contributed by atoms with Crippen LogP contribution in [0.3, 0.4) is 0 Å². The van der Waals surface area contributed by atoms with Gasteiger partial charge in [-0.25, -0.2) is 9.07 Å². The molecule has 0 bridgehead atoms. The van der Waals surface area contributed by atoms with Crippen LogP contribution in [0.4, 0.5) is 15.8 Å². The number of anilines is 2. The van der Waals surface area contributed by atoms with E-state index in [1.165, 1.54) is 10.7 Å². The second kappa shape index (κ2) is 6.08. The minimum absolute atomic E-state index is 0.158. The van der Waals surface area contributed by atoms with E-state index in [0.717, 1.165) is 5.69 Å². The number of benzene rings is 1. The maximum atomic E-state index is 13.8. The van der Waals surface area contributed by atoms with Crippen LogP contribution >= 0.6 is 15.9 Å². The Kier molecular flexibility index (Phi) is 4.15. The van der Waals surface area contributed by atoms with Gasteiger partial charge in [0.05, 0.1) is 17.6 Å². The molecule has 0 N–H and O–H groups in total. The van der Waals surface area contributed by atoms with E-state index >= 15 is 0 Å². The normalized spacial score (nSPS) is 15.2. The fourth-order valence-electron chi connectivity index (χ4n) is 2.62. The van der Waals surface area contributed by atoms with Gasteiger partial charge in [0.25, 0.3) is 5.56 Å². The lowest BCUT2D eigenvalue weighted by molar-refractivity contribution is 0.595. The van der Waals surface area contributed by atoms with Gasteiger partial charge in [0.15, 0.2) is 0 Å². The summed E-state index contributed by atoms with van der Waals surface area (Å²) in [5, 5.41) is 4.06. The molecule has 5 nitrogen and oxygen atoms in total. The van der Waals surface area contributed by atoms with Crippen LogP contribution in [0, 0.1) is 5.82 Å². The lowest BCUT2D eigenvalue weighted by Crippen LogP contribution is -2.47. The number of aryl methyl sites for hydroxylation is 1. The third-order valence-corrected chi connectivity index (χ3v) is 4.62. The topological polar surface area (TPSA) is 41.4 Å². The summed E-state index contributed by atoms with van der Waals surface area (Å²) in [5.41, 5.74) is 1.26. The van der Waals surface area contributed by atoms with Crippen LogP contribution in [-0.4, -0.2) is 36.0 Å². The fourth-order valence-corrected chi connectivity index (χ4v) is 3.23. The van der Waals surface area contributed by atoms with Crippen molar-refractivity contribution in [3.05, 3.63) is 51.1 Å². The molecular formula is C15H16BrFN4O. The highest BCUT2D eigenvalue weighted by Gasteiger charge is 2.22. The van der Waals surface area contributed by atoms with E-state index in [1.807, 2.05) is 11.0 Å². The van der Waals surface area contributed by atoms with Crippen LogP contribution < -0.4 is 15.4 Å². The highest BCUT2D eigenvalue weighted by atomic mass is 79.9. The number of hydrogen-bond acceptors (Lipinski definition) is 4. The van der Waals surface area contributed by atoms with Crippen molar-refractivity contribution in [1.82, 2.24) is 9.78 Å². The third-order valence-electron chi connectivity index (χ3n) is 3.87. The Balaban J connectivity index is 1.76. The molecular weight excluding hydrogens is 351 g/mol. The molecule has 0 aliphatic carbocycles. The molecule has 1 saturated heterocycles. The molecule has 1 aliphatic rings. The van der Waals surface area contributed by atoms with E-state index in [1.54, 1.807) is 25.4 Å². The summed E-state index contributed by atoms with van der Waals surface area (Å²) in [6, 6.07) is 6.80. The summed E-state index contributed by atoms with van der Waals surface area (Å²) in [6.07, 6.45) is 1.68. The largest absolute Gasteiger partial charge is 0.366 e. The van der Waals surface area contributed by atoms with Crippen molar-refractivity contribution >= 4 is 27.3 Å². The van der Waals surface area contributed by atoms with E-state index in [9.17, 15) is 9.18 Å². The first kappa shape index (κ1) is 15.0. The van der Waals surface area contributed by atoms with Crippen LogP contribution in [0.25, 0.3) is 0 Å². The summed E-state index contributed by atoms with van der Waals surface area (Å²) in [4.78, 5) is 16.0. The third kappa shape index (κ3) is 2.72. The molecule has 1 aliphatic heterocycles. The van der Waals surface area contributed by atoms with Crippen LogP contribution in [0.5, 0.6) is 0 Å². The van der Waals surface area contributed by atoms with Crippen LogP contribution in [-0.2, 0) is 7.05 Å². The molecule has 1 aromatic heterocycles. The summed E-state index contributed by atoms with van der Waals surface area (Å²) in [7, 11) is 1.62. The van der Waals surface area contributed by atoms with Gasteiger partial charge in [-0.1, -0.05) is 12.1 Å². The van der Waals surface area contributed by atoms with Gasteiger partial charge in [-0.05, 0) is 28.1 Å². The predicted octanol–water partition coefficient (Wildman–Crippen LogP) is 2.01. The fraction of sp³-hybridized carbons (Fsp3) is 0.333. The van der Waals surface area contributed by atoms with Gasteiger partial charge in [0, 0.05) is 33.2 Å². The number of piperazine rings is 1. The Hall–Kier alpha value is -1.89. The van der Waals surface area contributed by atoms with Gasteiger partial charge in [-0.2, -0.15) is 5.10 Å². The van der Waals surface area contributed by atoms with Gasteiger partial charge >= 0.3 is 0 Å². The highest BCUT2D eigenvalue weighted by Crippen LogP contribution is 2.25. The summed E-state index contributed by atoms with van der Waals surface area (Å²) in [6.45, 7) is 2.81. The SMILES string of the molecule is Cn1ncc(N2CCN(c3ccccc3F)CC2)c(Br)c1=O. The quantitative estimate of drug-likeness (QED) is 0.815. The molecule has 2 aromatic rings. The first-order chi connectivity index (χ1) is 10.6. The van der Waals surface area contributed by atoms with Gasteiger partial charge < -0.3 is 9.80 Å². The Morgan fingerprint density at radius 1 is 1.09 bits per heavy atom. The van der Waals surface area contributed by atoms with Crippen molar-refractivity contribution in [2.24, 2.45) is 7.05 Å². The molecule has 3 rings (SSSR count). The van der Waals surface area contributed by atoms with Crippen LogP contribution in [0.1, 0.15) is 0 Å². The second-order valence-electron chi connectivity index (χ2n) is 5.20. The highest BCUT2D eigenvalue weighted by molar-refractivity contribution is 9.10. The van der Waals surface area contributed by atoms with Crippen molar-refractivity contribution in [3.8, 4) is 0 Å². The molecule has 1 fully saturated rings. The zero-order valence-corrected chi connectivity index (χ0v) is 13.8. The Labute approximate surface area is 136 Å². The zero-order chi connectivity index (χ0) is 15.7. The van der Waals surface area contributed by atoms with Gasteiger partial charge in [0.2, 0.25) is 0 Å². The lowest BCUT2D eigenvalue weighted by atomic mass is 10.2. The molecule has 2 heterocycles. The zero-order valence-electron chi connectivity index (χ0n) is 12.2. The number of para-hydroxylation sites is 1. The molecule has 7 heteroatoms. The van der Waals surface area contributed by atoms with Crippen molar-refractivity contribution < 1.29 is 4.39 Å². The van der Waals surface area contributed by atoms with E-state index in [2.05, 4.69) is 25.9 Å². The first-order valence-corrected chi connectivity index (χ1v) is 7.83. The molecule has 116 valence electrons. The van der Waals surface area contributed by atoms with E-state index in [4.69, 9.17) is 0 Å². The van der Waals surface area contributed by atoms with E-state index in [0.29, 0.717) is 36.3 Å². The van der Waals surface area contributed by atoms with Gasteiger partial charge in [-0.3, -0.25) is 4.79 Å². The number of halogens is 2. The number of hydrogen-bond donors (Lipinski definition) is 0. The maximum absolute atomic E-state index is 13.8. The monoisotopic (exact) mass is 366 g/mol. The average Bonchev–Trinajstić information content (AvgIpc) is 2.54. The molecule has 22 heavy (non-hydrogen) atoms. The molecule has 0 radical (unpaired) electrons. The molecule has 0 saturated carbocycles. The standard InChI is InChI=1S/C15H16BrFN4O/c1-19-15(22)14(16)13(10-18-19)21-8-6-20(7-9-21)12-5-3-2-4-11(12)17/h2-5,10H,6-9H2,1H3. The molecule has 0 spiro atoms. The van der Waals surface area contributed by atoms with Crippen molar-refractivity contribution in [2.45, 2.75) is 0 Å². The van der Waals surface area contributed by atoms with Gasteiger partial charge in [-0.15, -0.1) is 0 Å². The molecule has 1 aromatic carbocycles.